The molecule has 16 heavy (non-hydrogen) atoms. The Morgan fingerprint density at radius 2 is 2.31 bits per heavy atom. The van der Waals surface area contributed by atoms with Gasteiger partial charge in [-0.15, -0.1) is 0 Å². The number of rotatable bonds is 3. The predicted molar refractivity (Wildman–Crippen MR) is 70.0 cm³/mol. The fraction of sp³-hybridized carbons (Fsp3) is 0.462. The minimum atomic E-state index is 0.273. The highest BCUT2D eigenvalue weighted by atomic mass is 79.9. The number of likely N-dealkylation sites (N-methyl/N-ethyl adjacent to an activating group) is 1. The van der Waals surface area contributed by atoms with Crippen LogP contribution in [0.15, 0.2) is 22.7 Å². The second kappa shape index (κ2) is 4.58. The summed E-state index contributed by atoms with van der Waals surface area (Å²) in [5.41, 5.74) is 2.64. The first-order valence-corrected chi connectivity index (χ1v) is 6.45. The van der Waals surface area contributed by atoms with Crippen molar-refractivity contribution in [2.75, 3.05) is 11.4 Å². The number of carbonyl (C=O) groups is 1. The third-order valence-electron chi connectivity index (χ3n) is 3.11. The van der Waals surface area contributed by atoms with Gasteiger partial charge in [0.15, 0.2) is 0 Å². The van der Waals surface area contributed by atoms with E-state index in [-0.39, 0.29) is 5.78 Å². The molecule has 1 aliphatic rings. The molecule has 0 fully saturated rings. The van der Waals surface area contributed by atoms with Crippen molar-refractivity contribution in [2.24, 2.45) is 0 Å². The molecule has 3 heteroatoms. The van der Waals surface area contributed by atoms with Crippen LogP contribution in [0.1, 0.15) is 25.8 Å². The number of ketones is 1. The van der Waals surface area contributed by atoms with Crippen LogP contribution >= 0.6 is 15.9 Å². The number of fused-ring (bicyclic) bond motifs is 1. The zero-order chi connectivity index (χ0) is 11.7. The zero-order valence-electron chi connectivity index (χ0n) is 9.66. The summed E-state index contributed by atoms with van der Waals surface area (Å²) >= 11 is 3.49. The number of hydrogen-bond acceptors (Lipinski definition) is 2. The summed E-state index contributed by atoms with van der Waals surface area (Å²) in [6, 6.07) is 6.73. The molecule has 2 nitrogen and oxygen atoms in total. The lowest BCUT2D eigenvalue weighted by atomic mass is 10.1. The number of carbonyl (C=O) groups excluding carboxylic acids is 1. The van der Waals surface area contributed by atoms with Crippen LogP contribution in [0.5, 0.6) is 0 Å². The van der Waals surface area contributed by atoms with Crippen LogP contribution in [0.25, 0.3) is 0 Å². The van der Waals surface area contributed by atoms with Crippen molar-refractivity contribution in [3.63, 3.8) is 0 Å². The average Bonchev–Trinajstić information content (AvgIpc) is 2.52. The topological polar surface area (TPSA) is 20.3 Å². The van der Waals surface area contributed by atoms with Gasteiger partial charge in [-0.25, -0.2) is 0 Å². The van der Waals surface area contributed by atoms with E-state index in [0.29, 0.717) is 12.5 Å². The lowest BCUT2D eigenvalue weighted by Gasteiger charge is -2.25. The van der Waals surface area contributed by atoms with Crippen molar-refractivity contribution in [3.05, 3.63) is 28.2 Å². The quantitative estimate of drug-likeness (QED) is 0.848. The first-order valence-electron chi connectivity index (χ1n) is 5.66. The Balaban J connectivity index is 2.28. The standard InChI is InChI=1S/C13H16BrNO/c1-3-15-12(6-9(2)16)8-10-7-11(14)4-5-13(10)15/h4-5,7,12H,3,6,8H2,1-2H3. The Bertz CT molecular complexity index is 416. The average molecular weight is 282 g/mol. The Kier molecular flexibility index (Phi) is 3.33. The van der Waals surface area contributed by atoms with Crippen molar-refractivity contribution in [1.82, 2.24) is 0 Å². The molecule has 2 rings (SSSR count). The molecule has 1 unspecified atom stereocenters. The van der Waals surface area contributed by atoms with Crippen LogP contribution in [0, 0.1) is 0 Å². The molecule has 0 saturated heterocycles. The van der Waals surface area contributed by atoms with Gasteiger partial charge in [0, 0.05) is 29.2 Å². The first-order chi connectivity index (χ1) is 7.61. The van der Waals surface area contributed by atoms with E-state index in [0.717, 1.165) is 17.4 Å². The van der Waals surface area contributed by atoms with Crippen molar-refractivity contribution in [2.45, 2.75) is 32.7 Å². The summed E-state index contributed by atoms with van der Waals surface area (Å²) in [6.07, 6.45) is 1.64. The lowest BCUT2D eigenvalue weighted by molar-refractivity contribution is -0.117. The molecule has 1 aromatic carbocycles. The van der Waals surface area contributed by atoms with Crippen molar-refractivity contribution in [3.8, 4) is 0 Å². The summed E-state index contributed by atoms with van der Waals surface area (Å²) in [7, 11) is 0. The summed E-state index contributed by atoms with van der Waals surface area (Å²) in [5, 5.41) is 0. The number of Topliss-reactive ketones (excluding diaryl/α,β-unsaturated/α-hetero) is 1. The molecule has 86 valence electrons. The minimum absolute atomic E-state index is 0.273. The number of hydrogen-bond donors (Lipinski definition) is 0. The van der Waals surface area contributed by atoms with E-state index in [9.17, 15) is 4.79 Å². The number of benzene rings is 1. The van der Waals surface area contributed by atoms with Gasteiger partial charge in [-0.2, -0.15) is 0 Å². The Morgan fingerprint density at radius 1 is 1.56 bits per heavy atom. The fourth-order valence-electron chi connectivity index (χ4n) is 2.50. The van der Waals surface area contributed by atoms with E-state index >= 15 is 0 Å². The first kappa shape index (κ1) is 11.6. The largest absolute Gasteiger partial charge is 0.368 e. The fourth-order valence-corrected chi connectivity index (χ4v) is 2.91. The van der Waals surface area contributed by atoms with Gasteiger partial charge in [-0.3, -0.25) is 4.79 Å². The Labute approximate surface area is 105 Å². The van der Waals surface area contributed by atoms with Crippen molar-refractivity contribution >= 4 is 27.4 Å². The van der Waals surface area contributed by atoms with Gasteiger partial charge in [0.05, 0.1) is 0 Å². The van der Waals surface area contributed by atoms with E-state index in [2.05, 4.69) is 46.0 Å². The zero-order valence-corrected chi connectivity index (χ0v) is 11.3. The maximum Gasteiger partial charge on any atom is 0.131 e. The van der Waals surface area contributed by atoms with Gasteiger partial charge in [0.1, 0.15) is 5.78 Å². The minimum Gasteiger partial charge on any atom is -0.368 e. The molecule has 1 atom stereocenters. The molecule has 0 aliphatic carbocycles. The number of halogens is 1. The molecule has 0 saturated carbocycles. The maximum atomic E-state index is 11.2. The van der Waals surface area contributed by atoms with Gasteiger partial charge >= 0.3 is 0 Å². The predicted octanol–water partition coefficient (Wildman–Crippen LogP) is 3.18. The Hall–Kier alpha value is -0.830. The molecule has 0 radical (unpaired) electrons. The monoisotopic (exact) mass is 281 g/mol. The van der Waals surface area contributed by atoms with Crippen molar-refractivity contribution < 1.29 is 4.79 Å². The van der Waals surface area contributed by atoms with Crippen LogP contribution in [0.2, 0.25) is 0 Å². The number of anilines is 1. The normalized spacial score (nSPS) is 18.7. The molecule has 0 aromatic heterocycles. The molecular formula is C13H16BrNO. The summed E-state index contributed by atoms with van der Waals surface area (Å²) < 4.78 is 1.12. The van der Waals surface area contributed by atoms with E-state index in [1.54, 1.807) is 6.92 Å². The van der Waals surface area contributed by atoms with E-state index < -0.39 is 0 Å². The van der Waals surface area contributed by atoms with Gasteiger partial charge in [-0.05, 0) is 44.0 Å². The Morgan fingerprint density at radius 3 is 2.94 bits per heavy atom. The molecule has 1 aromatic rings. The summed E-state index contributed by atoms with van der Waals surface area (Å²) in [5.74, 6) is 0.273. The molecule has 0 N–H and O–H groups in total. The van der Waals surface area contributed by atoms with Gasteiger partial charge < -0.3 is 4.90 Å². The molecule has 0 spiro atoms. The van der Waals surface area contributed by atoms with E-state index in [1.165, 1.54) is 11.3 Å². The maximum absolute atomic E-state index is 11.2. The molecule has 1 aliphatic heterocycles. The van der Waals surface area contributed by atoms with E-state index in [1.807, 2.05) is 0 Å². The SMILES string of the molecule is CCN1c2ccc(Br)cc2CC1CC(C)=O. The van der Waals surface area contributed by atoms with Crippen LogP contribution in [-0.4, -0.2) is 18.4 Å². The van der Waals surface area contributed by atoms with Gasteiger partial charge in [0.25, 0.3) is 0 Å². The van der Waals surface area contributed by atoms with Gasteiger partial charge in [0.2, 0.25) is 0 Å². The third kappa shape index (κ3) is 2.14. The second-order valence-corrected chi connectivity index (χ2v) is 5.24. The number of nitrogens with zero attached hydrogens (tertiary/aromatic N) is 1. The molecule has 0 bridgehead atoms. The van der Waals surface area contributed by atoms with Crippen LogP contribution in [0.3, 0.4) is 0 Å². The summed E-state index contributed by atoms with van der Waals surface area (Å²) in [4.78, 5) is 13.6. The smallest absolute Gasteiger partial charge is 0.131 e. The molecule has 1 heterocycles. The van der Waals surface area contributed by atoms with Crippen LogP contribution in [0.4, 0.5) is 5.69 Å². The summed E-state index contributed by atoms with van der Waals surface area (Å²) in [6.45, 7) is 4.78. The van der Waals surface area contributed by atoms with Gasteiger partial charge in [-0.1, -0.05) is 15.9 Å². The highest BCUT2D eigenvalue weighted by Gasteiger charge is 2.28. The van der Waals surface area contributed by atoms with Crippen molar-refractivity contribution in [1.29, 1.82) is 0 Å². The molecule has 0 amide bonds. The highest BCUT2D eigenvalue weighted by molar-refractivity contribution is 9.10. The van der Waals surface area contributed by atoms with Crippen LogP contribution in [-0.2, 0) is 11.2 Å². The second-order valence-electron chi connectivity index (χ2n) is 4.32. The molecular weight excluding hydrogens is 266 g/mol. The lowest BCUT2D eigenvalue weighted by Crippen LogP contribution is -2.33. The highest BCUT2D eigenvalue weighted by Crippen LogP contribution is 2.35. The van der Waals surface area contributed by atoms with Crippen LogP contribution < -0.4 is 4.90 Å². The van der Waals surface area contributed by atoms with E-state index in [4.69, 9.17) is 0 Å². The third-order valence-corrected chi connectivity index (χ3v) is 3.60.